The van der Waals surface area contributed by atoms with Gasteiger partial charge in [0.1, 0.15) is 5.75 Å². The maximum Gasteiger partial charge on any atom is 0.242 e. The molecular formula is C12H16F2O2. The Morgan fingerprint density at radius 2 is 1.94 bits per heavy atom. The number of ether oxygens (including phenoxy) is 1. The number of aryl methyl sites for hydroxylation is 1. The van der Waals surface area contributed by atoms with Crippen LogP contribution in [0.15, 0.2) is 12.1 Å². The van der Waals surface area contributed by atoms with Crippen molar-refractivity contribution in [1.82, 2.24) is 0 Å². The molecular weight excluding hydrogens is 214 g/mol. The van der Waals surface area contributed by atoms with E-state index in [1.54, 1.807) is 12.1 Å². The summed E-state index contributed by atoms with van der Waals surface area (Å²) >= 11 is 0. The van der Waals surface area contributed by atoms with Gasteiger partial charge in [-0.2, -0.15) is 0 Å². The van der Waals surface area contributed by atoms with Crippen molar-refractivity contribution in [3.8, 4) is 5.75 Å². The second-order valence-electron chi connectivity index (χ2n) is 3.54. The summed E-state index contributed by atoms with van der Waals surface area (Å²) in [4.78, 5) is 0. The Labute approximate surface area is 93.9 Å². The topological polar surface area (TPSA) is 29.5 Å². The zero-order chi connectivity index (χ0) is 12.1. The lowest BCUT2D eigenvalue weighted by Gasteiger charge is -2.13. The highest BCUT2D eigenvalue weighted by Crippen LogP contribution is 2.26. The maximum atomic E-state index is 12.4. The maximum absolute atomic E-state index is 12.4. The molecule has 0 bridgehead atoms. The molecule has 0 amide bonds. The van der Waals surface area contributed by atoms with Crippen LogP contribution in [0.25, 0.3) is 0 Å². The van der Waals surface area contributed by atoms with Crippen LogP contribution in [-0.2, 0) is 19.4 Å². The smallest absolute Gasteiger partial charge is 0.242 e. The number of hydrogen-bond donors (Lipinski definition) is 1. The summed E-state index contributed by atoms with van der Waals surface area (Å²) in [7, 11) is 1.44. The molecule has 0 aromatic heterocycles. The average Bonchev–Trinajstić information content (AvgIpc) is 2.27. The highest BCUT2D eigenvalue weighted by molar-refractivity contribution is 5.43. The quantitative estimate of drug-likeness (QED) is 0.842. The Balaban J connectivity index is 3.15. The van der Waals surface area contributed by atoms with Crippen LogP contribution in [0.4, 0.5) is 8.78 Å². The van der Waals surface area contributed by atoms with Crippen LogP contribution in [-0.4, -0.2) is 18.6 Å². The number of methoxy groups -OCH3 is 1. The van der Waals surface area contributed by atoms with Crippen molar-refractivity contribution in [1.29, 1.82) is 0 Å². The Morgan fingerprint density at radius 3 is 2.38 bits per heavy atom. The van der Waals surface area contributed by atoms with E-state index in [4.69, 9.17) is 9.84 Å². The largest absolute Gasteiger partial charge is 0.496 e. The Bertz CT molecular complexity index is 351. The fourth-order valence-electron chi connectivity index (χ4n) is 1.71. The van der Waals surface area contributed by atoms with Crippen LogP contribution in [0, 0.1) is 0 Å². The predicted molar refractivity (Wildman–Crippen MR) is 58.0 cm³/mol. The Kier molecular flexibility index (Phi) is 4.68. The number of benzene rings is 1. The second-order valence-corrected chi connectivity index (χ2v) is 3.54. The van der Waals surface area contributed by atoms with E-state index in [0.717, 1.165) is 11.1 Å². The lowest BCUT2D eigenvalue weighted by atomic mass is 9.99. The molecule has 16 heavy (non-hydrogen) atoms. The van der Waals surface area contributed by atoms with Crippen LogP contribution >= 0.6 is 0 Å². The molecule has 0 aliphatic rings. The SMILES string of the molecule is CCc1cc(CC(F)F)c(OC)cc1CO. The lowest BCUT2D eigenvalue weighted by Crippen LogP contribution is -2.03. The Morgan fingerprint density at radius 1 is 1.25 bits per heavy atom. The summed E-state index contributed by atoms with van der Waals surface area (Å²) in [5.74, 6) is 0.418. The van der Waals surface area contributed by atoms with E-state index in [1.165, 1.54) is 7.11 Å². The average molecular weight is 230 g/mol. The van der Waals surface area contributed by atoms with E-state index in [-0.39, 0.29) is 13.0 Å². The van der Waals surface area contributed by atoms with Gasteiger partial charge in [-0.25, -0.2) is 8.78 Å². The van der Waals surface area contributed by atoms with Crippen LogP contribution in [0.5, 0.6) is 5.75 Å². The summed E-state index contributed by atoms with van der Waals surface area (Å²) in [6.07, 6.45) is -2.00. The molecule has 0 spiro atoms. The monoisotopic (exact) mass is 230 g/mol. The van der Waals surface area contributed by atoms with Crippen LogP contribution in [0.1, 0.15) is 23.6 Å². The minimum absolute atomic E-state index is 0.103. The van der Waals surface area contributed by atoms with E-state index in [0.29, 0.717) is 17.7 Å². The van der Waals surface area contributed by atoms with Gasteiger partial charge in [-0.3, -0.25) is 0 Å². The van der Waals surface area contributed by atoms with Crippen molar-refractivity contribution in [2.75, 3.05) is 7.11 Å². The fraction of sp³-hybridized carbons (Fsp3) is 0.500. The Hall–Kier alpha value is -1.16. The third-order valence-corrected chi connectivity index (χ3v) is 2.53. The normalized spacial score (nSPS) is 10.9. The highest BCUT2D eigenvalue weighted by Gasteiger charge is 2.13. The van der Waals surface area contributed by atoms with Crippen molar-refractivity contribution in [2.45, 2.75) is 32.8 Å². The van der Waals surface area contributed by atoms with Gasteiger partial charge in [-0.15, -0.1) is 0 Å². The molecule has 1 aromatic carbocycles. The number of rotatable bonds is 5. The summed E-state index contributed by atoms with van der Waals surface area (Å²) < 4.78 is 29.7. The molecule has 1 rings (SSSR count). The van der Waals surface area contributed by atoms with E-state index in [2.05, 4.69) is 0 Å². The third-order valence-electron chi connectivity index (χ3n) is 2.53. The molecule has 0 aliphatic carbocycles. The van der Waals surface area contributed by atoms with E-state index in [1.807, 2.05) is 6.92 Å². The van der Waals surface area contributed by atoms with Crippen LogP contribution in [0.3, 0.4) is 0 Å². The molecule has 0 unspecified atom stereocenters. The predicted octanol–water partition coefficient (Wildman–Crippen LogP) is 2.56. The molecule has 0 atom stereocenters. The molecule has 2 nitrogen and oxygen atoms in total. The number of hydrogen-bond acceptors (Lipinski definition) is 2. The van der Waals surface area contributed by atoms with E-state index >= 15 is 0 Å². The van der Waals surface area contributed by atoms with Crippen molar-refractivity contribution >= 4 is 0 Å². The van der Waals surface area contributed by atoms with Gasteiger partial charge in [0.15, 0.2) is 0 Å². The molecule has 4 heteroatoms. The summed E-state index contributed by atoms with van der Waals surface area (Å²) in [6.45, 7) is 1.82. The molecule has 1 aromatic rings. The van der Waals surface area contributed by atoms with Gasteiger partial charge in [0.05, 0.1) is 13.7 Å². The molecule has 0 radical (unpaired) electrons. The first-order valence-corrected chi connectivity index (χ1v) is 5.20. The zero-order valence-corrected chi connectivity index (χ0v) is 9.46. The van der Waals surface area contributed by atoms with Crippen molar-refractivity contribution in [2.24, 2.45) is 0 Å². The summed E-state index contributed by atoms with van der Waals surface area (Å²) in [6, 6.07) is 3.33. The molecule has 0 fully saturated rings. The van der Waals surface area contributed by atoms with Crippen molar-refractivity contribution < 1.29 is 18.6 Å². The first-order chi connectivity index (χ1) is 7.62. The van der Waals surface area contributed by atoms with Gasteiger partial charge in [-0.1, -0.05) is 13.0 Å². The van der Waals surface area contributed by atoms with Gasteiger partial charge in [0, 0.05) is 12.0 Å². The van der Waals surface area contributed by atoms with E-state index in [9.17, 15) is 8.78 Å². The number of aliphatic hydroxyl groups excluding tert-OH is 1. The minimum atomic E-state index is -2.39. The zero-order valence-electron chi connectivity index (χ0n) is 9.46. The number of halogens is 2. The van der Waals surface area contributed by atoms with Gasteiger partial charge >= 0.3 is 0 Å². The molecule has 1 N–H and O–H groups in total. The van der Waals surface area contributed by atoms with Gasteiger partial charge in [0.25, 0.3) is 0 Å². The summed E-state index contributed by atoms with van der Waals surface area (Å²) in [5, 5.41) is 9.14. The van der Waals surface area contributed by atoms with Gasteiger partial charge < -0.3 is 9.84 Å². The highest BCUT2D eigenvalue weighted by atomic mass is 19.3. The number of aliphatic hydroxyl groups is 1. The molecule has 0 saturated heterocycles. The van der Waals surface area contributed by atoms with Crippen LogP contribution in [0.2, 0.25) is 0 Å². The first kappa shape index (κ1) is 12.9. The van der Waals surface area contributed by atoms with E-state index < -0.39 is 6.43 Å². The minimum Gasteiger partial charge on any atom is -0.496 e. The molecule has 90 valence electrons. The number of alkyl halides is 2. The van der Waals surface area contributed by atoms with Crippen molar-refractivity contribution in [3.05, 3.63) is 28.8 Å². The molecule has 0 saturated carbocycles. The van der Waals surface area contributed by atoms with Gasteiger partial charge in [-0.05, 0) is 23.6 Å². The van der Waals surface area contributed by atoms with Crippen LogP contribution < -0.4 is 4.74 Å². The standard InChI is InChI=1S/C12H16F2O2/c1-3-8-4-9(6-12(13)14)11(16-2)5-10(8)7-15/h4-5,12,15H,3,6-7H2,1-2H3. The lowest BCUT2D eigenvalue weighted by molar-refractivity contribution is 0.148. The second kappa shape index (κ2) is 5.80. The first-order valence-electron chi connectivity index (χ1n) is 5.20. The van der Waals surface area contributed by atoms with Crippen molar-refractivity contribution in [3.63, 3.8) is 0 Å². The third kappa shape index (κ3) is 2.92. The molecule has 0 aliphatic heterocycles. The summed E-state index contributed by atoms with van der Waals surface area (Å²) in [5.41, 5.74) is 2.11. The van der Waals surface area contributed by atoms with Gasteiger partial charge in [0.2, 0.25) is 6.43 Å². The molecule has 0 heterocycles. The fourth-order valence-corrected chi connectivity index (χ4v) is 1.71.